The Labute approximate surface area is 191 Å². The Balaban J connectivity index is 1.95. The highest BCUT2D eigenvalue weighted by molar-refractivity contribution is 6.65. The molecule has 0 bridgehead atoms. The Hall–Kier alpha value is -0.810. The van der Waals surface area contributed by atoms with Crippen molar-refractivity contribution in [3.63, 3.8) is 0 Å². The van der Waals surface area contributed by atoms with Crippen molar-refractivity contribution in [1.82, 2.24) is 0 Å². The molecule has 3 rings (SSSR count). The molecule has 0 aliphatic carbocycles. The van der Waals surface area contributed by atoms with Crippen molar-refractivity contribution >= 4 is 25.2 Å². The molecule has 0 amide bonds. The first-order chi connectivity index (χ1) is 14.2. The Morgan fingerprint density at radius 3 is 1.55 bits per heavy atom. The average molecular weight is 428 g/mol. The van der Waals surface area contributed by atoms with Crippen LogP contribution in [0.3, 0.4) is 0 Å². The minimum absolute atomic E-state index is 0.350. The molecule has 172 valence electrons. The van der Waals surface area contributed by atoms with Gasteiger partial charge in [-0.3, -0.25) is 0 Å². The predicted octanol–water partition coefficient (Wildman–Crippen LogP) is 4.72. The quantitative estimate of drug-likeness (QED) is 0.466. The van der Waals surface area contributed by atoms with E-state index in [0.29, 0.717) is 0 Å². The van der Waals surface area contributed by atoms with Gasteiger partial charge in [0, 0.05) is 0 Å². The molecule has 4 nitrogen and oxygen atoms in total. The number of unbranched alkanes of at least 4 members (excludes halogenated alkanes) is 3. The van der Waals surface area contributed by atoms with Crippen LogP contribution in [0.15, 0.2) is 12.1 Å². The average Bonchev–Trinajstić information content (AvgIpc) is 2.98. The maximum Gasteiger partial charge on any atom is 0.495 e. The summed E-state index contributed by atoms with van der Waals surface area (Å²) < 4.78 is 25.6. The van der Waals surface area contributed by atoms with Gasteiger partial charge in [-0.25, -0.2) is 0 Å². The lowest BCUT2D eigenvalue weighted by Gasteiger charge is -2.32. The van der Waals surface area contributed by atoms with Crippen LogP contribution in [-0.4, -0.2) is 36.6 Å². The molecule has 0 aromatic heterocycles. The molecule has 2 aliphatic heterocycles. The van der Waals surface area contributed by atoms with Crippen LogP contribution in [0.5, 0.6) is 0 Å². The number of hydrogen-bond acceptors (Lipinski definition) is 4. The largest absolute Gasteiger partial charge is 0.495 e. The van der Waals surface area contributed by atoms with Gasteiger partial charge in [0.25, 0.3) is 0 Å². The summed E-state index contributed by atoms with van der Waals surface area (Å²) in [5.41, 5.74) is 3.29. The fourth-order valence-electron chi connectivity index (χ4n) is 4.17. The molecule has 0 N–H and O–H groups in total. The first-order valence-corrected chi connectivity index (χ1v) is 12.1. The van der Waals surface area contributed by atoms with Crippen LogP contribution in [-0.2, 0) is 25.0 Å². The van der Waals surface area contributed by atoms with Crippen LogP contribution in [0.4, 0.5) is 0 Å². The zero-order valence-corrected chi connectivity index (χ0v) is 21.5. The van der Waals surface area contributed by atoms with Crippen molar-refractivity contribution in [3.8, 4) is 0 Å². The summed E-state index contributed by atoms with van der Waals surface area (Å²) in [6, 6.07) is 4.52. The second-order valence-corrected chi connectivity index (χ2v) is 11.4. The minimum Gasteiger partial charge on any atom is -0.399 e. The zero-order chi connectivity index (χ0) is 23.2. The first-order valence-electron chi connectivity index (χ1n) is 12.1. The molecule has 31 heavy (non-hydrogen) atoms. The summed E-state index contributed by atoms with van der Waals surface area (Å²) in [5.74, 6) is 0. The topological polar surface area (TPSA) is 36.9 Å². The van der Waals surface area contributed by atoms with Gasteiger partial charge in [-0.1, -0.05) is 43.9 Å². The van der Waals surface area contributed by atoms with Gasteiger partial charge in [-0.05, 0) is 91.6 Å². The normalized spacial score (nSPS) is 23.5. The third-order valence-corrected chi connectivity index (χ3v) is 7.84. The molecule has 0 atom stereocenters. The SMILES string of the molecule is CCCCCCc1cc(B2OC(C)(C)C(C)(C)O2)c(C)cc1B1OC(C)(C)C(C)(C)O1. The highest BCUT2D eigenvalue weighted by atomic mass is 16.7. The van der Waals surface area contributed by atoms with E-state index in [2.05, 4.69) is 81.4 Å². The van der Waals surface area contributed by atoms with Crippen molar-refractivity contribution in [1.29, 1.82) is 0 Å². The standard InChI is InChI=1S/C25H42B2O4/c1-11-12-13-14-15-19-17-20(26-28-22(3,4)23(5,6)29-26)18(2)16-21(19)27-30-24(7,8)25(9,10)31-27/h16-17H,11-15H2,1-10H3. The molecular weight excluding hydrogens is 386 g/mol. The summed E-state index contributed by atoms with van der Waals surface area (Å²) >= 11 is 0. The van der Waals surface area contributed by atoms with E-state index in [-0.39, 0.29) is 36.6 Å². The van der Waals surface area contributed by atoms with Crippen molar-refractivity contribution in [2.45, 2.75) is 124 Å². The number of rotatable bonds is 7. The van der Waals surface area contributed by atoms with Crippen LogP contribution >= 0.6 is 0 Å². The highest BCUT2D eigenvalue weighted by Crippen LogP contribution is 2.38. The third-order valence-electron chi connectivity index (χ3n) is 7.84. The molecule has 0 radical (unpaired) electrons. The van der Waals surface area contributed by atoms with E-state index in [9.17, 15) is 0 Å². The zero-order valence-electron chi connectivity index (χ0n) is 21.5. The van der Waals surface area contributed by atoms with Gasteiger partial charge in [-0.2, -0.15) is 0 Å². The maximum atomic E-state index is 6.42. The number of aryl methyl sites for hydroxylation is 2. The van der Waals surface area contributed by atoms with Gasteiger partial charge < -0.3 is 18.6 Å². The molecule has 1 aromatic carbocycles. The van der Waals surface area contributed by atoms with E-state index >= 15 is 0 Å². The van der Waals surface area contributed by atoms with Crippen molar-refractivity contribution in [2.75, 3.05) is 0 Å². The molecular formula is C25H42B2O4. The van der Waals surface area contributed by atoms with Gasteiger partial charge in [0.2, 0.25) is 0 Å². The molecule has 6 heteroatoms. The fraction of sp³-hybridized carbons (Fsp3) is 0.760. The van der Waals surface area contributed by atoms with Gasteiger partial charge >= 0.3 is 14.2 Å². The minimum atomic E-state index is -0.355. The van der Waals surface area contributed by atoms with Gasteiger partial charge in [0.1, 0.15) is 0 Å². The lowest BCUT2D eigenvalue weighted by molar-refractivity contribution is 0.00578. The van der Waals surface area contributed by atoms with E-state index in [1.807, 2.05) is 0 Å². The predicted molar refractivity (Wildman–Crippen MR) is 130 cm³/mol. The summed E-state index contributed by atoms with van der Waals surface area (Å²) in [7, 11) is -0.705. The van der Waals surface area contributed by atoms with Crippen LogP contribution in [0.2, 0.25) is 0 Å². The van der Waals surface area contributed by atoms with E-state index in [0.717, 1.165) is 29.3 Å². The maximum absolute atomic E-state index is 6.42. The van der Waals surface area contributed by atoms with E-state index in [4.69, 9.17) is 18.6 Å². The summed E-state index contributed by atoms with van der Waals surface area (Å²) in [6.07, 6.45) is 5.90. The Morgan fingerprint density at radius 2 is 1.10 bits per heavy atom. The molecule has 2 fully saturated rings. The Morgan fingerprint density at radius 1 is 0.645 bits per heavy atom. The lowest BCUT2D eigenvalue weighted by atomic mass is 9.68. The van der Waals surface area contributed by atoms with Crippen LogP contribution in [0.25, 0.3) is 0 Å². The highest BCUT2D eigenvalue weighted by Gasteiger charge is 2.54. The summed E-state index contributed by atoms with van der Waals surface area (Å²) in [4.78, 5) is 0. The monoisotopic (exact) mass is 428 g/mol. The Kier molecular flexibility index (Phi) is 6.82. The lowest BCUT2D eigenvalue weighted by Crippen LogP contribution is -2.42. The van der Waals surface area contributed by atoms with Crippen molar-refractivity contribution in [2.24, 2.45) is 0 Å². The molecule has 0 saturated carbocycles. The van der Waals surface area contributed by atoms with Gasteiger partial charge in [0.15, 0.2) is 0 Å². The molecule has 1 aromatic rings. The number of hydrogen-bond donors (Lipinski definition) is 0. The fourth-order valence-corrected chi connectivity index (χ4v) is 4.17. The van der Waals surface area contributed by atoms with Gasteiger partial charge in [-0.15, -0.1) is 0 Å². The van der Waals surface area contributed by atoms with E-state index in [1.165, 1.54) is 24.8 Å². The molecule has 2 saturated heterocycles. The Bertz CT molecular complexity index is 769. The van der Waals surface area contributed by atoms with E-state index in [1.54, 1.807) is 0 Å². The molecule has 0 unspecified atom stereocenters. The smallest absolute Gasteiger partial charge is 0.399 e. The summed E-state index contributed by atoms with van der Waals surface area (Å²) in [6.45, 7) is 21.2. The number of benzene rings is 1. The van der Waals surface area contributed by atoms with Crippen LogP contribution in [0.1, 0.15) is 99.1 Å². The molecule has 2 heterocycles. The van der Waals surface area contributed by atoms with Crippen molar-refractivity contribution in [3.05, 3.63) is 23.3 Å². The second kappa shape index (κ2) is 8.52. The molecule has 2 aliphatic rings. The van der Waals surface area contributed by atoms with Gasteiger partial charge in [0.05, 0.1) is 22.4 Å². The van der Waals surface area contributed by atoms with Crippen LogP contribution in [0, 0.1) is 6.92 Å². The second-order valence-electron chi connectivity index (χ2n) is 11.4. The molecule has 0 spiro atoms. The van der Waals surface area contributed by atoms with Crippen LogP contribution < -0.4 is 10.9 Å². The third kappa shape index (κ3) is 4.78. The van der Waals surface area contributed by atoms with E-state index < -0.39 is 0 Å². The first kappa shape index (κ1) is 24.8. The summed E-state index contributed by atoms with van der Waals surface area (Å²) in [5, 5.41) is 0. The van der Waals surface area contributed by atoms with Crippen molar-refractivity contribution < 1.29 is 18.6 Å².